The lowest BCUT2D eigenvalue weighted by atomic mass is 10.4. The van der Waals surface area contributed by atoms with Crippen LogP contribution in [0.5, 0.6) is 0 Å². The Bertz CT molecular complexity index is 351. The molecule has 0 fully saturated rings. The molecule has 0 heterocycles. The van der Waals surface area contributed by atoms with E-state index in [9.17, 15) is 18.0 Å². The van der Waals surface area contributed by atoms with E-state index in [1.54, 1.807) is 18.6 Å². The van der Waals surface area contributed by atoms with Gasteiger partial charge in [-0.05, 0) is 6.92 Å². The molecule has 0 aromatic carbocycles. The topological polar surface area (TPSA) is 92.8 Å². The second-order valence-corrected chi connectivity index (χ2v) is 4.79. The number of rotatable bonds is 5. The quantitative estimate of drug-likeness (QED) is 0.689. The van der Waals surface area contributed by atoms with Gasteiger partial charge in [0.2, 0.25) is 15.9 Å². The highest BCUT2D eigenvalue weighted by molar-refractivity contribution is 7.89. The Kier molecular flexibility index (Phi) is 5.79. The fraction of sp³-hybridized carbons (Fsp3) is 0.750. The van der Waals surface area contributed by atoms with Gasteiger partial charge in [-0.1, -0.05) is 6.92 Å². The van der Waals surface area contributed by atoms with Crippen molar-refractivity contribution in [2.45, 2.75) is 20.3 Å². The van der Waals surface area contributed by atoms with Crippen LogP contribution >= 0.6 is 0 Å². The number of carbonyl (C=O) groups is 2. The van der Waals surface area contributed by atoms with Gasteiger partial charge in [-0.2, -0.15) is 0 Å². The largest absolute Gasteiger partial charge is 0.427 e. The number of amides is 2. The van der Waals surface area contributed by atoms with E-state index in [-0.39, 0.29) is 12.6 Å². The molecule has 0 bridgehead atoms. The third kappa shape index (κ3) is 6.23. The first-order valence-corrected chi connectivity index (χ1v) is 6.61. The van der Waals surface area contributed by atoms with E-state index in [0.717, 1.165) is 6.26 Å². The Labute approximate surface area is 94.8 Å². The molecule has 7 nitrogen and oxygen atoms in total. The van der Waals surface area contributed by atoms with Crippen LogP contribution in [0.15, 0.2) is 0 Å². The van der Waals surface area contributed by atoms with Gasteiger partial charge in [0.25, 0.3) is 0 Å². The van der Waals surface area contributed by atoms with Crippen LogP contribution in [0, 0.1) is 0 Å². The zero-order valence-electron chi connectivity index (χ0n) is 9.52. The molecule has 0 saturated carbocycles. The van der Waals surface area contributed by atoms with Gasteiger partial charge in [0.05, 0.1) is 6.26 Å². The Morgan fingerprint density at radius 2 is 1.88 bits per heavy atom. The van der Waals surface area contributed by atoms with Crippen molar-refractivity contribution in [3.05, 3.63) is 0 Å². The predicted octanol–water partition coefficient (Wildman–Crippen LogP) is -0.112. The van der Waals surface area contributed by atoms with Crippen molar-refractivity contribution in [2.24, 2.45) is 0 Å². The molecule has 1 N–H and O–H groups in total. The number of nitrogens with one attached hydrogen (secondary N) is 1. The molecule has 0 aliphatic carbocycles. The molecule has 0 radical (unpaired) electrons. The summed E-state index contributed by atoms with van der Waals surface area (Å²) in [5.41, 5.74) is 0. The monoisotopic (exact) mass is 252 g/mol. The molecule has 0 atom stereocenters. The van der Waals surface area contributed by atoms with E-state index in [2.05, 4.69) is 4.74 Å². The van der Waals surface area contributed by atoms with Gasteiger partial charge < -0.3 is 9.64 Å². The van der Waals surface area contributed by atoms with Crippen LogP contribution in [0.2, 0.25) is 0 Å². The zero-order chi connectivity index (χ0) is 12.8. The lowest BCUT2D eigenvalue weighted by Crippen LogP contribution is -2.37. The number of nitrogens with zero attached hydrogens (tertiary/aromatic N) is 1. The molecular weight excluding hydrogens is 236 g/mol. The molecular formula is C8H16N2O5S. The van der Waals surface area contributed by atoms with E-state index >= 15 is 0 Å². The highest BCUT2D eigenvalue weighted by atomic mass is 32.2. The van der Waals surface area contributed by atoms with Gasteiger partial charge in [0.15, 0.2) is 6.73 Å². The van der Waals surface area contributed by atoms with Crippen LogP contribution in [0.25, 0.3) is 0 Å². The SMILES string of the molecule is CCC(=O)N(CC)COC(=O)NS(C)(=O)=O. The van der Waals surface area contributed by atoms with E-state index in [1.165, 1.54) is 4.90 Å². The first-order chi connectivity index (χ1) is 7.30. The zero-order valence-corrected chi connectivity index (χ0v) is 10.3. The number of ether oxygens (including phenoxy) is 1. The van der Waals surface area contributed by atoms with Gasteiger partial charge in [-0.3, -0.25) is 4.79 Å². The highest BCUT2D eigenvalue weighted by Crippen LogP contribution is 1.94. The first-order valence-electron chi connectivity index (χ1n) is 4.72. The maximum atomic E-state index is 11.2. The van der Waals surface area contributed by atoms with E-state index in [0.29, 0.717) is 13.0 Å². The summed E-state index contributed by atoms with van der Waals surface area (Å²) in [6.45, 7) is 3.54. The van der Waals surface area contributed by atoms with E-state index in [1.807, 2.05) is 0 Å². The average molecular weight is 252 g/mol. The van der Waals surface area contributed by atoms with Crippen LogP contribution in [0.4, 0.5) is 4.79 Å². The lowest BCUT2D eigenvalue weighted by Gasteiger charge is -2.19. The fourth-order valence-corrected chi connectivity index (χ4v) is 1.24. The van der Waals surface area contributed by atoms with Crippen molar-refractivity contribution in [3.8, 4) is 0 Å². The molecule has 0 spiro atoms. The summed E-state index contributed by atoms with van der Waals surface area (Å²) in [6, 6.07) is 0. The van der Waals surface area contributed by atoms with E-state index < -0.39 is 16.1 Å². The van der Waals surface area contributed by atoms with E-state index in [4.69, 9.17) is 0 Å². The molecule has 0 rings (SSSR count). The number of hydrogen-bond donors (Lipinski definition) is 1. The molecule has 2 amide bonds. The first kappa shape index (κ1) is 14.7. The van der Waals surface area contributed by atoms with Crippen molar-refractivity contribution >= 4 is 22.0 Å². The summed E-state index contributed by atoms with van der Waals surface area (Å²) in [7, 11) is -3.63. The van der Waals surface area contributed by atoms with Crippen molar-refractivity contribution in [1.82, 2.24) is 9.62 Å². The minimum Gasteiger partial charge on any atom is -0.427 e. The molecule has 0 unspecified atom stereocenters. The molecule has 0 aromatic heterocycles. The minimum absolute atomic E-state index is 0.172. The smallest absolute Gasteiger partial charge is 0.422 e. The molecule has 94 valence electrons. The van der Waals surface area contributed by atoms with Gasteiger partial charge in [-0.15, -0.1) is 0 Å². The molecule has 0 aliphatic rings. The van der Waals surface area contributed by atoms with Gasteiger partial charge in [0, 0.05) is 13.0 Å². The maximum Gasteiger partial charge on any atom is 0.422 e. The van der Waals surface area contributed by atoms with Crippen LogP contribution in [-0.4, -0.2) is 44.8 Å². The molecule has 0 saturated heterocycles. The summed E-state index contributed by atoms with van der Waals surface area (Å²) in [6.07, 6.45) is 0.0401. The summed E-state index contributed by atoms with van der Waals surface area (Å²) in [5, 5.41) is 0. The van der Waals surface area contributed by atoms with Crippen LogP contribution < -0.4 is 4.72 Å². The molecule has 8 heteroatoms. The summed E-state index contributed by atoms with van der Waals surface area (Å²) in [4.78, 5) is 23.5. The average Bonchev–Trinajstić information content (AvgIpc) is 2.15. The molecule has 0 aliphatic heterocycles. The number of carbonyl (C=O) groups excluding carboxylic acids is 2. The fourth-order valence-electron chi connectivity index (χ4n) is 0.881. The lowest BCUT2D eigenvalue weighted by molar-refractivity contribution is -0.134. The van der Waals surface area contributed by atoms with Gasteiger partial charge in [0.1, 0.15) is 0 Å². The Hall–Kier alpha value is -1.31. The third-order valence-electron chi connectivity index (χ3n) is 1.66. The number of hydrogen-bond acceptors (Lipinski definition) is 5. The van der Waals surface area contributed by atoms with Crippen LogP contribution in [0.3, 0.4) is 0 Å². The normalized spacial score (nSPS) is 10.7. The summed E-state index contributed by atoms with van der Waals surface area (Å²) >= 11 is 0. The second kappa shape index (κ2) is 6.31. The van der Waals surface area contributed by atoms with Crippen LogP contribution in [-0.2, 0) is 19.6 Å². The Morgan fingerprint density at radius 3 is 2.25 bits per heavy atom. The van der Waals surface area contributed by atoms with Crippen molar-refractivity contribution < 1.29 is 22.7 Å². The summed E-state index contributed by atoms with van der Waals surface area (Å²) < 4.78 is 27.5. The molecule has 0 aromatic rings. The standard InChI is InChI=1S/C8H16N2O5S/c1-4-7(11)10(5-2)6-15-8(12)9-16(3,13)14/h4-6H2,1-3H3,(H,9,12). The van der Waals surface area contributed by atoms with Crippen molar-refractivity contribution in [1.29, 1.82) is 0 Å². The number of sulfonamides is 1. The summed E-state index contributed by atoms with van der Waals surface area (Å²) in [5.74, 6) is -0.172. The predicted molar refractivity (Wildman–Crippen MR) is 57.0 cm³/mol. The van der Waals surface area contributed by atoms with Crippen LogP contribution in [0.1, 0.15) is 20.3 Å². The van der Waals surface area contributed by atoms with Crippen molar-refractivity contribution in [2.75, 3.05) is 19.5 Å². The molecule has 16 heavy (non-hydrogen) atoms. The van der Waals surface area contributed by atoms with Gasteiger partial charge >= 0.3 is 6.09 Å². The van der Waals surface area contributed by atoms with Crippen molar-refractivity contribution in [3.63, 3.8) is 0 Å². The highest BCUT2D eigenvalue weighted by Gasteiger charge is 2.13. The Morgan fingerprint density at radius 1 is 1.31 bits per heavy atom. The maximum absolute atomic E-state index is 11.2. The Balaban J connectivity index is 4.13. The minimum atomic E-state index is -3.63. The second-order valence-electron chi connectivity index (χ2n) is 3.04. The third-order valence-corrected chi connectivity index (χ3v) is 2.19. The van der Waals surface area contributed by atoms with Gasteiger partial charge in [-0.25, -0.2) is 17.9 Å².